The van der Waals surface area contributed by atoms with Crippen molar-refractivity contribution >= 4 is 33.3 Å². The van der Waals surface area contributed by atoms with Gasteiger partial charge in [-0.1, -0.05) is 20.8 Å². The summed E-state index contributed by atoms with van der Waals surface area (Å²) in [6.45, 7) is 9.72. The molecule has 2 atom stereocenters. The fraction of sp³-hybridized carbons (Fsp3) is 0.519. The van der Waals surface area contributed by atoms with Crippen LogP contribution < -0.4 is 9.64 Å². The number of aryl methyl sites for hydroxylation is 1. The van der Waals surface area contributed by atoms with Gasteiger partial charge in [0.2, 0.25) is 0 Å². The van der Waals surface area contributed by atoms with Crippen LogP contribution in [0.1, 0.15) is 66.2 Å². The van der Waals surface area contributed by atoms with Crippen LogP contribution >= 0.6 is 11.3 Å². The summed E-state index contributed by atoms with van der Waals surface area (Å²) in [4.78, 5) is 30.2. The van der Waals surface area contributed by atoms with Crippen LogP contribution in [0.25, 0.3) is 10.2 Å². The highest BCUT2D eigenvalue weighted by Crippen LogP contribution is 2.42. The second kappa shape index (κ2) is 9.53. The SMILES string of the molecule is CCC(C)c1nc(N2CCN(C(=O)c3ccc(OC)cc3)CC2)c2c3c(sc2n1)CC(C)CC3. The van der Waals surface area contributed by atoms with Gasteiger partial charge < -0.3 is 14.5 Å². The molecule has 0 radical (unpaired) electrons. The van der Waals surface area contributed by atoms with E-state index in [4.69, 9.17) is 14.7 Å². The Morgan fingerprint density at radius 3 is 2.59 bits per heavy atom. The minimum absolute atomic E-state index is 0.0809. The van der Waals surface area contributed by atoms with Gasteiger partial charge in [-0.3, -0.25) is 4.79 Å². The van der Waals surface area contributed by atoms with Crippen molar-refractivity contribution in [3.05, 3.63) is 46.1 Å². The molecule has 7 heteroatoms. The Morgan fingerprint density at radius 1 is 1.18 bits per heavy atom. The first kappa shape index (κ1) is 23.1. The molecule has 1 fully saturated rings. The molecule has 2 aliphatic rings. The highest BCUT2D eigenvalue weighted by Gasteiger charge is 2.29. The van der Waals surface area contributed by atoms with Gasteiger partial charge in [-0.05, 0) is 61.4 Å². The minimum atomic E-state index is 0.0809. The van der Waals surface area contributed by atoms with Crippen molar-refractivity contribution in [1.82, 2.24) is 14.9 Å². The Bertz CT molecular complexity index is 1180. The van der Waals surface area contributed by atoms with Crippen LogP contribution in [0.2, 0.25) is 0 Å². The molecule has 180 valence electrons. The molecule has 3 heterocycles. The van der Waals surface area contributed by atoms with E-state index in [1.807, 2.05) is 40.5 Å². The second-order valence-electron chi connectivity index (χ2n) is 9.75. The summed E-state index contributed by atoms with van der Waals surface area (Å²) in [6.07, 6.45) is 4.52. The number of hydrogen-bond acceptors (Lipinski definition) is 6. The number of carbonyl (C=O) groups excluding carboxylic acids is 1. The topological polar surface area (TPSA) is 58.6 Å². The molecule has 0 saturated carbocycles. The molecule has 34 heavy (non-hydrogen) atoms. The normalized spacial score (nSPS) is 19.2. The lowest BCUT2D eigenvalue weighted by Gasteiger charge is -2.36. The van der Waals surface area contributed by atoms with Gasteiger partial charge in [0.25, 0.3) is 5.91 Å². The van der Waals surface area contributed by atoms with E-state index in [0.717, 1.165) is 60.5 Å². The van der Waals surface area contributed by atoms with Crippen LogP contribution in [0.15, 0.2) is 24.3 Å². The van der Waals surface area contributed by atoms with E-state index < -0.39 is 0 Å². The van der Waals surface area contributed by atoms with Crippen LogP contribution in [0.5, 0.6) is 5.75 Å². The third-order valence-electron chi connectivity index (χ3n) is 7.41. The van der Waals surface area contributed by atoms with E-state index in [2.05, 4.69) is 25.7 Å². The number of ether oxygens (including phenoxy) is 1. The van der Waals surface area contributed by atoms with E-state index in [1.54, 1.807) is 7.11 Å². The Morgan fingerprint density at radius 2 is 1.91 bits per heavy atom. The summed E-state index contributed by atoms with van der Waals surface area (Å²) in [6, 6.07) is 7.38. The van der Waals surface area contributed by atoms with E-state index in [9.17, 15) is 4.79 Å². The van der Waals surface area contributed by atoms with Crippen LogP contribution in [0, 0.1) is 5.92 Å². The zero-order valence-corrected chi connectivity index (χ0v) is 21.5. The van der Waals surface area contributed by atoms with Crippen LogP contribution in [-0.2, 0) is 12.8 Å². The summed E-state index contributed by atoms with van der Waals surface area (Å²) >= 11 is 1.88. The molecule has 1 aromatic carbocycles. The van der Waals surface area contributed by atoms with Crippen molar-refractivity contribution in [2.45, 2.75) is 52.4 Å². The molecule has 0 N–H and O–H groups in total. The first-order valence-corrected chi connectivity index (χ1v) is 13.3. The second-order valence-corrected chi connectivity index (χ2v) is 10.8. The molecule has 1 amide bonds. The summed E-state index contributed by atoms with van der Waals surface area (Å²) in [5, 5.41) is 1.27. The highest BCUT2D eigenvalue weighted by atomic mass is 32.1. The first-order chi connectivity index (χ1) is 16.5. The predicted octanol–water partition coefficient (Wildman–Crippen LogP) is 5.30. The fourth-order valence-electron chi connectivity index (χ4n) is 5.01. The molecule has 2 aromatic heterocycles. The summed E-state index contributed by atoms with van der Waals surface area (Å²) in [5.41, 5.74) is 2.18. The molecule has 2 unspecified atom stereocenters. The number of rotatable bonds is 5. The summed E-state index contributed by atoms with van der Waals surface area (Å²) < 4.78 is 5.22. The standard InChI is InChI=1S/C27H34N4O2S/c1-5-18(3)24-28-25(23-21-11-6-17(2)16-22(21)34-26(23)29-24)30-12-14-31(15-13-30)27(32)19-7-9-20(33-4)10-8-19/h7-10,17-18H,5-6,11-16H2,1-4H3. The maximum absolute atomic E-state index is 13.1. The Hall–Kier alpha value is -2.67. The number of nitrogens with zero attached hydrogens (tertiary/aromatic N) is 4. The van der Waals surface area contributed by atoms with Crippen LogP contribution in [0.3, 0.4) is 0 Å². The van der Waals surface area contributed by atoms with E-state index in [1.165, 1.54) is 22.2 Å². The molecule has 0 spiro atoms. The molecule has 0 bridgehead atoms. The Labute approximate surface area is 206 Å². The molecule has 6 nitrogen and oxygen atoms in total. The Kier molecular flexibility index (Phi) is 6.47. The first-order valence-electron chi connectivity index (χ1n) is 12.5. The summed E-state index contributed by atoms with van der Waals surface area (Å²) in [5.74, 6) is 3.95. The third kappa shape index (κ3) is 4.26. The number of carbonyl (C=O) groups is 1. The number of methoxy groups -OCH3 is 1. The van der Waals surface area contributed by atoms with Crippen molar-refractivity contribution in [2.75, 3.05) is 38.2 Å². The number of thiophene rings is 1. The number of piperazine rings is 1. The average molecular weight is 479 g/mol. The Balaban J connectivity index is 1.42. The monoisotopic (exact) mass is 478 g/mol. The molecule has 1 aliphatic carbocycles. The van der Waals surface area contributed by atoms with Crippen molar-refractivity contribution in [3.8, 4) is 5.75 Å². The van der Waals surface area contributed by atoms with Gasteiger partial charge in [-0.2, -0.15) is 0 Å². The number of amides is 1. The zero-order chi connectivity index (χ0) is 23.8. The van der Waals surface area contributed by atoms with Crippen LogP contribution in [0.4, 0.5) is 5.82 Å². The molecular weight excluding hydrogens is 444 g/mol. The van der Waals surface area contributed by atoms with Crippen molar-refractivity contribution < 1.29 is 9.53 Å². The number of hydrogen-bond donors (Lipinski definition) is 0. The van der Waals surface area contributed by atoms with E-state index >= 15 is 0 Å². The smallest absolute Gasteiger partial charge is 0.253 e. The lowest BCUT2D eigenvalue weighted by atomic mass is 9.89. The van der Waals surface area contributed by atoms with Crippen molar-refractivity contribution in [1.29, 1.82) is 0 Å². The highest BCUT2D eigenvalue weighted by molar-refractivity contribution is 7.19. The zero-order valence-electron chi connectivity index (χ0n) is 20.6. The summed E-state index contributed by atoms with van der Waals surface area (Å²) in [7, 11) is 1.64. The number of fused-ring (bicyclic) bond motifs is 3. The van der Waals surface area contributed by atoms with Crippen molar-refractivity contribution in [2.24, 2.45) is 5.92 Å². The molecule has 3 aromatic rings. The van der Waals surface area contributed by atoms with E-state index in [-0.39, 0.29) is 5.91 Å². The fourth-order valence-corrected chi connectivity index (χ4v) is 6.39. The quantitative estimate of drug-likeness (QED) is 0.498. The number of aromatic nitrogens is 2. The molecular formula is C27H34N4O2S. The van der Waals surface area contributed by atoms with Crippen LogP contribution in [-0.4, -0.2) is 54.1 Å². The van der Waals surface area contributed by atoms with Gasteiger partial charge in [-0.25, -0.2) is 9.97 Å². The van der Waals surface area contributed by atoms with Crippen molar-refractivity contribution in [3.63, 3.8) is 0 Å². The minimum Gasteiger partial charge on any atom is -0.497 e. The van der Waals surface area contributed by atoms with E-state index in [0.29, 0.717) is 24.6 Å². The van der Waals surface area contributed by atoms with Gasteiger partial charge in [-0.15, -0.1) is 11.3 Å². The van der Waals surface area contributed by atoms with Gasteiger partial charge >= 0.3 is 0 Å². The largest absolute Gasteiger partial charge is 0.497 e. The molecule has 1 aliphatic heterocycles. The lowest BCUT2D eigenvalue weighted by molar-refractivity contribution is 0.0746. The van der Waals surface area contributed by atoms with Gasteiger partial charge in [0.1, 0.15) is 22.2 Å². The lowest BCUT2D eigenvalue weighted by Crippen LogP contribution is -2.49. The molecule has 1 saturated heterocycles. The van der Waals surface area contributed by atoms with Gasteiger partial charge in [0.05, 0.1) is 12.5 Å². The number of anilines is 1. The molecule has 5 rings (SSSR count). The maximum atomic E-state index is 13.1. The third-order valence-corrected chi connectivity index (χ3v) is 8.56. The van der Waals surface area contributed by atoms with Gasteiger partial charge in [0, 0.05) is 42.5 Å². The number of benzene rings is 1. The average Bonchev–Trinajstić information content (AvgIpc) is 3.24. The predicted molar refractivity (Wildman–Crippen MR) is 138 cm³/mol. The van der Waals surface area contributed by atoms with Gasteiger partial charge in [0.15, 0.2) is 0 Å². The maximum Gasteiger partial charge on any atom is 0.253 e.